The molecule has 0 amide bonds. The van der Waals surface area contributed by atoms with Crippen LogP contribution in [-0.2, 0) is 16.5 Å². The molecule has 0 N–H and O–H groups in total. The van der Waals surface area contributed by atoms with Crippen molar-refractivity contribution in [3.63, 3.8) is 0 Å². The van der Waals surface area contributed by atoms with E-state index in [0.29, 0.717) is 19.8 Å². The highest BCUT2D eigenvalue weighted by Gasteiger charge is 2.23. The lowest BCUT2D eigenvalue weighted by Crippen LogP contribution is -2.37. The second-order valence-electron chi connectivity index (χ2n) is 5.64. The van der Waals surface area contributed by atoms with Gasteiger partial charge in [0.1, 0.15) is 5.82 Å². The second kappa shape index (κ2) is 6.07. The van der Waals surface area contributed by atoms with Gasteiger partial charge >= 0.3 is 0 Å². The van der Waals surface area contributed by atoms with Crippen molar-refractivity contribution in [2.75, 3.05) is 44.4 Å². The second-order valence-corrected chi connectivity index (χ2v) is 5.97. The van der Waals surface area contributed by atoms with Gasteiger partial charge in [0.2, 0.25) is 5.28 Å². The van der Waals surface area contributed by atoms with Crippen LogP contribution in [-0.4, -0.2) is 59.0 Å². The molecule has 1 saturated heterocycles. The van der Waals surface area contributed by atoms with E-state index in [9.17, 15) is 0 Å². The number of anilines is 1. The van der Waals surface area contributed by atoms with Crippen molar-refractivity contribution < 1.29 is 9.47 Å². The summed E-state index contributed by atoms with van der Waals surface area (Å²) in [7, 11) is 1.97. The number of hydrogen-bond donors (Lipinski definition) is 0. The first-order chi connectivity index (χ1) is 11.2. The van der Waals surface area contributed by atoms with Gasteiger partial charge in [0, 0.05) is 20.1 Å². The third kappa shape index (κ3) is 2.69. The monoisotopic (exact) mass is 335 g/mol. The Morgan fingerprint density at radius 2 is 1.91 bits per heavy atom. The molecule has 7 nitrogen and oxygen atoms in total. The van der Waals surface area contributed by atoms with Crippen LogP contribution in [0.2, 0.25) is 5.28 Å². The number of aromatic nitrogens is 4. The van der Waals surface area contributed by atoms with Gasteiger partial charge in [-0.05, 0) is 23.6 Å². The number of rotatable bonds is 2. The summed E-state index contributed by atoms with van der Waals surface area (Å²) in [5, 5.41) is 0.245. The van der Waals surface area contributed by atoms with Crippen molar-refractivity contribution in [2.24, 2.45) is 7.05 Å². The van der Waals surface area contributed by atoms with Gasteiger partial charge in [-0.3, -0.25) is 0 Å². The van der Waals surface area contributed by atoms with Crippen LogP contribution < -0.4 is 4.90 Å². The molecule has 2 aliphatic heterocycles. The van der Waals surface area contributed by atoms with E-state index in [2.05, 4.69) is 20.9 Å². The van der Waals surface area contributed by atoms with E-state index in [4.69, 9.17) is 26.1 Å². The molecule has 0 bridgehead atoms. The number of imidazole rings is 1. The van der Waals surface area contributed by atoms with Crippen LogP contribution in [0.3, 0.4) is 0 Å². The molecule has 0 spiro atoms. The Hall–Kier alpha value is -1.70. The SMILES string of the molecule is Cn1c(C2=CCOCC2)nc2c(N3CCOCC3)nc(Cl)nc21. The molecule has 122 valence electrons. The van der Waals surface area contributed by atoms with Crippen molar-refractivity contribution in [1.82, 2.24) is 19.5 Å². The first-order valence-corrected chi connectivity index (χ1v) is 8.11. The van der Waals surface area contributed by atoms with Crippen LogP contribution in [0, 0.1) is 0 Å². The highest BCUT2D eigenvalue weighted by molar-refractivity contribution is 6.28. The number of ether oxygens (including phenoxy) is 2. The molecular formula is C15H18ClN5O2. The van der Waals surface area contributed by atoms with E-state index < -0.39 is 0 Å². The minimum absolute atomic E-state index is 0.245. The Bertz CT molecular complexity index is 767. The molecular weight excluding hydrogens is 318 g/mol. The zero-order valence-corrected chi connectivity index (χ0v) is 13.7. The smallest absolute Gasteiger partial charge is 0.226 e. The zero-order valence-electron chi connectivity index (χ0n) is 13.0. The van der Waals surface area contributed by atoms with Crippen molar-refractivity contribution in [1.29, 1.82) is 0 Å². The first kappa shape index (κ1) is 14.9. The molecule has 2 aromatic heterocycles. The van der Waals surface area contributed by atoms with Crippen LogP contribution in [0.4, 0.5) is 5.82 Å². The van der Waals surface area contributed by atoms with Crippen LogP contribution in [0.15, 0.2) is 6.08 Å². The van der Waals surface area contributed by atoms with Crippen LogP contribution >= 0.6 is 11.6 Å². The van der Waals surface area contributed by atoms with Gasteiger partial charge in [0.15, 0.2) is 17.0 Å². The van der Waals surface area contributed by atoms with Crippen molar-refractivity contribution in [3.8, 4) is 0 Å². The number of halogens is 1. The maximum Gasteiger partial charge on any atom is 0.226 e. The summed E-state index contributed by atoms with van der Waals surface area (Å²) in [6, 6.07) is 0. The lowest BCUT2D eigenvalue weighted by molar-refractivity contribution is 0.122. The van der Waals surface area contributed by atoms with E-state index in [1.807, 2.05) is 11.6 Å². The van der Waals surface area contributed by atoms with Gasteiger partial charge in [-0.2, -0.15) is 9.97 Å². The topological polar surface area (TPSA) is 65.3 Å². The van der Waals surface area contributed by atoms with Gasteiger partial charge in [0.05, 0.1) is 26.4 Å². The van der Waals surface area contributed by atoms with Gasteiger partial charge in [0.25, 0.3) is 0 Å². The highest BCUT2D eigenvalue weighted by Crippen LogP contribution is 2.29. The molecule has 0 radical (unpaired) electrons. The standard InChI is InChI=1S/C15H18ClN5O2/c1-20-12(10-2-6-22-7-3-10)17-11-13(20)18-15(16)19-14(11)21-4-8-23-9-5-21/h2H,3-9H2,1H3. The summed E-state index contributed by atoms with van der Waals surface area (Å²) >= 11 is 6.15. The van der Waals surface area contributed by atoms with Crippen molar-refractivity contribution >= 4 is 34.2 Å². The Morgan fingerprint density at radius 1 is 1.09 bits per heavy atom. The molecule has 0 unspecified atom stereocenters. The fourth-order valence-corrected chi connectivity index (χ4v) is 3.19. The minimum Gasteiger partial charge on any atom is -0.378 e. The molecule has 4 rings (SSSR count). The molecule has 0 atom stereocenters. The molecule has 23 heavy (non-hydrogen) atoms. The molecule has 2 aliphatic rings. The average Bonchev–Trinajstić information content (AvgIpc) is 2.93. The van der Waals surface area contributed by atoms with E-state index in [1.54, 1.807) is 0 Å². The number of nitrogens with zero attached hydrogens (tertiary/aromatic N) is 5. The van der Waals surface area contributed by atoms with E-state index in [-0.39, 0.29) is 5.28 Å². The molecule has 4 heterocycles. The largest absolute Gasteiger partial charge is 0.378 e. The van der Waals surface area contributed by atoms with Crippen LogP contribution in [0.5, 0.6) is 0 Å². The maximum absolute atomic E-state index is 6.15. The first-order valence-electron chi connectivity index (χ1n) is 7.74. The number of morpholine rings is 1. The van der Waals surface area contributed by atoms with Crippen LogP contribution in [0.25, 0.3) is 16.7 Å². The van der Waals surface area contributed by atoms with Gasteiger partial charge in [-0.25, -0.2) is 4.98 Å². The lowest BCUT2D eigenvalue weighted by Gasteiger charge is -2.27. The number of fused-ring (bicyclic) bond motifs is 1. The molecule has 0 aliphatic carbocycles. The van der Waals surface area contributed by atoms with Gasteiger partial charge in [-0.15, -0.1) is 0 Å². The normalized spacial score (nSPS) is 19.2. The predicted molar refractivity (Wildman–Crippen MR) is 87.8 cm³/mol. The van der Waals surface area contributed by atoms with Crippen molar-refractivity contribution in [3.05, 3.63) is 17.2 Å². The molecule has 2 aromatic rings. The predicted octanol–water partition coefficient (Wildman–Crippen LogP) is 1.66. The zero-order chi connectivity index (χ0) is 15.8. The Labute approximate surface area is 138 Å². The van der Waals surface area contributed by atoms with E-state index in [0.717, 1.165) is 48.9 Å². The maximum atomic E-state index is 6.15. The fraction of sp³-hybridized carbons (Fsp3) is 0.533. The van der Waals surface area contributed by atoms with E-state index in [1.165, 1.54) is 5.57 Å². The summed E-state index contributed by atoms with van der Waals surface area (Å²) in [6.45, 7) is 4.28. The summed E-state index contributed by atoms with van der Waals surface area (Å²) in [5.41, 5.74) is 2.73. The van der Waals surface area contributed by atoms with Crippen LogP contribution in [0.1, 0.15) is 12.2 Å². The summed E-state index contributed by atoms with van der Waals surface area (Å²) < 4.78 is 12.8. The number of aryl methyl sites for hydroxylation is 1. The molecule has 0 aromatic carbocycles. The van der Waals surface area contributed by atoms with Gasteiger partial charge in [-0.1, -0.05) is 6.08 Å². The average molecular weight is 336 g/mol. The fourth-order valence-electron chi connectivity index (χ4n) is 3.03. The molecule has 0 saturated carbocycles. The minimum atomic E-state index is 0.245. The van der Waals surface area contributed by atoms with Crippen molar-refractivity contribution in [2.45, 2.75) is 6.42 Å². The third-order valence-electron chi connectivity index (χ3n) is 4.23. The quantitative estimate of drug-likeness (QED) is 0.778. The Morgan fingerprint density at radius 3 is 2.65 bits per heavy atom. The summed E-state index contributed by atoms with van der Waals surface area (Å²) in [4.78, 5) is 15.8. The van der Waals surface area contributed by atoms with E-state index >= 15 is 0 Å². The summed E-state index contributed by atoms with van der Waals surface area (Å²) in [6.07, 6.45) is 2.93. The third-order valence-corrected chi connectivity index (χ3v) is 4.40. The lowest BCUT2D eigenvalue weighted by atomic mass is 10.1. The summed E-state index contributed by atoms with van der Waals surface area (Å²) in [5.74, 6) is 1.70. The molecule has 1 fully saturated rings. The Balaban J connectivity index is 1.85. The highest BCUT2D eigenvalue weighted by atomic mass is 35.5. The number of hydrogen-bond acceptors (Lipinski definition) is 6. The molecule has 8 heteroatoms. The Kier molecular flexibility index (Phi) is 3.92. The van der Waals surface area contributed by atoms with Gasteiger partial charge < -0.3 is 18.9 Å².